The molecular weight excluding hydrogens is 329 g/mol. The van der Waals surface area contributed by atoms with Crippen LogP contribution in [0.4, 0.5) is 10.1 Å². The highest BCUT2D eigenvalue weighted by Crippen LogP contribution is 2.21. The number of hydrogen-bond donors (Lipinski definition) is 2. The average molecular weight is 338 g/mol. The zero-order chi connectivity index (χ0) is 14.7. The van der Waals surface area contributed by atoms with Crippen molar-refractivity contribution in [2.45, 2.75) is 0 Å². The molecular formula is C14H9BrFNO3. The third kappa shape index (κ3) is 3.03. The largest absolute Gasteiger partial charge is 0.478 e. The minimum atomic E-state index is -1.22. The smallest absolute Gasteiger partial charge is 0.336 e. The maximum Gasteiger partial charge on any atom is 0.336 e. The van der Waals surface area contributed by atoms with Crippen molar-refractivity contribution in [3.63, 3.8) is 0 Å². The average Bonchev–Trinajstić information content (AvgIpc) is 2.42. The van der Waals surface area contributed by atoms with Crippen LogP contribution in [0.25, 0.3) is 0 Å². The summed E-state index contributed by atoms with van der Waals surface area (Å²) in [5.74, 6) is -2.50. The first kappa shape index (κ1) is 14.2. The summed E-state index contributed by atoms with van der Waals surface area (Å²) < 4.78 is 14.2. The van der Waals surface area contributed by atoms with E-state index in [4.69, 9.17) is 5.11 Å². The molecule has 0 bridgehead atoms. The fourth-order valence-corrected chi connectivity index (χ4v) is 2.01. The summed E-state index contributed by atoms with van der Waals surface area (Å²) in [7, 11) is 0. The molecule has 2 N–H and O–H groups in total. The molecule has 6 heteroatoms. The first-order chi connectivity index (χ1) is 9.49. The van der Waals surface area contributed by atoms with Crippen molar-refractivity contribution in [2.75, 3.05) is 5.32 Å². The second kappa shape index (κ2) is 5.83. The monoisotopic (exact) mass is 337 g/mol. The van der Waals surface area contributed by atoms with E-state index in [1.165, 1.54) is 36.4 Å². The molecule has 0 aliphatic carbocycles. The molecule has 0 aliphatic rings. The number of amides is 1. The van der Waals surface area contributed by atoms with Crippen molar-refractivity contribution in [2.24, 2.45) is 0 Å². The molecule has 4 nitrogen and oxygen atoms in total. The summed E-state index contributed by atoms with van der Waals surface area (Å²) in [5.41, 5.74) is -0.190. The molecule has 0 saturated carbocycles. The van der Waals surface area contributed by atoms with Crippen LogP contribution in [-0.2, 0) is 0 Å². The van der Waals surface area contributed by atoms with Gasteiger partial charge in [0.2, 0.25) is 0 Å². The summed E-state index contributed by atoms with van der Waals surface area (Å²) in [6.07, 6.45) is 0. The van der Waals surface area contributed by atoms with Gasteiger partial charge in [-0.25, -0.2) is 9.18 Å². The number of anilines is 1. The number of nitrogens with one attached hydrogen (secondary N) is 1. The first-order valence-corrected chi connectivity index (χ1v) is 6.37. The molecule has 0 saturated heterocycles. The summed E-state index contributed by atoms with van der Waals surface area (Å²) in [4.78, 5) is 23.1. The van der Waals surface area contributed by atoms with Crippen LogP contribution in [0.3, 0.4) is 0 Å². The predicted molar refractivity (Wildman–Crippen MR) is 75.5 cm³/mol. The molecule has 20 heavy (non-hydrogen) atoms. The zero-order valence-corrected chi connectivity index (χ0v) is 11.6. The number of carbonyl (C=O) groups is 2. The van der Waals surface area contributed by atoms with E-state index in [0.717, 1.165) is 0 Å². The Kier molecular flexibility index (Phi) is 4.14. The fraction of sp³-hybridized carbons (Fsp3) is 0. The van der Waals surface area contributed by atoms with Crippen molar-refractivity contribution < 1.29 is 19.1 Å². The molecule has 0 aliphatic heterocycles. The number of aromatic carboxylic acids is 1. The Hall–Kier alpha value is -2.21. The summed E-state index contributed by atoms with van der Waals surface area (Å²) >= 11 is 3.17. The van der Waals surface area contributed by atoms with E-state index in [0.29, 0.717) is 4.47 Å². The minimum absolute atomic E-state index is 0.0235. The second-order valence-corrected chi connectivity index (χ2v) is 4.84. The highest BCUT2D eigenvalue weighted by molar-refractivity contribution is 9.10. The Morgan fingerprint density at radius 2 is 1.75 bits per heavy atom. The number of rotatable bonds is 3. The molecule has 1 amide bonds. The summed E-state index contributed by atoms with van der Waals surface area (Å²) in [6.45, 7) is 0. The van der Waals surface area contributed by atoms with Crippen molar-refractivity contribution in [1.29, 1.82) is 0 Å². The Morgan fingerprint density at radius 1 is 1.10 bits per heavy atom. The molecule has 2 aromatic rings. The molecule has 0 aromatic heterocycles. The van der Waals surface area contributed by atoms with Gasteiger partial charge in [0.05, 0.1) is 16.8 Å². The van der Waals surface area contributed by atoms with Gasteiger partial charge in [-0.3, -0.25) is 4.79 Å². The number of carbonyl (C=O) groups excluding carboxylic acids is 1. The number of carboxylic acid groups (broad SMARTS) is 1. The van der Waals surface area contributed by atoms with Crippen molar-refractivity contribution in [3.05, 3.63) is 63.9 Å². The van der Waals surface area contributed by atoms with Gasteiger partial charge in [-0.1, -0.05) is 28.1 Å². The van der Waals surface area contributed by atoms with Crippen LogP contribution in [0.2, 0.25) is 0 Å². The van der Waals surface area contributed by atoms with E-state index in [1.807, 2.05) is 0 Å². The molecule has 0 fully saturated rings. The maximum absolute atomic E-state index is 13.6. The molecule has 0 atom stereocenters. The van der Waals surface area contributed by atoms with E-state index in [1.54, 1.807) is 6.07 Å². The fourth-order valence-electron chi connectivity index (χ4n) is 1.65. The van der Waals surface area contributed by atoms with Crippen molar-refractivity contribution in [1.82, 2.24) is 0 Å². The normalized spacial score (nSPS) is 10.1. The van der Waals surface area contributed by atoms with Crippen LogP contribution in [0.15, 0.2) is 46.9 Å². The van der Waals surface area contributed by atoms with Crippen molar-refractivity contribution in [3.8, 4) is 0 Å². The van der Waals surface area contributed by atoms with Gasteiger partial charge in [0.15, 0.2) is 0 Å². The highest BCUT2D eigenvalue weighted by Gasteiger charge is 2.17. The van der Waals surface area contributed by atoms with E-state index >= 15 is 0 Å². The number of hydrogen-bond acceptors (Lipinski definition) is 2. The van der Waals surface area contributed by atoms with E-state index in [-0.39, 0.29) is 16.8 Å². The summed E-state index contributed by atoms with van der Waals surface area (Å²) in [5, 5.41) is 11.4. The molecule has 0 heterocycles. The van der Waals surface area contributed by atoms with Gasteiger partial charge in [0.1, 0.15) is 5.82 Å². The van der Waals surface area contributed by atoms with E-state index in [9.17, 15) is 14.0 Å². The lowest BCUT2D eigenvalue weighted by molar-refractivity contribution is 0.0692. The van der Waals surface area contributed by atoms with Gasteiger partial charge >= 0.3 is 5.97 Å². The predicted octanol–water partition coefficient (Wildman–Crippen LogP) is 3.54. The van der Waals surface area contributed by atoms with Crippen LogP contribution in [-0.4, -0.2) is 17.0 Å². The quantitative estimate of drug-likeness (QED) is 0.900. The Balaban J connectivity index is 2.33. The van der Waals surface area contributed by atoms with Crippen LogP contribution < -0.4 is 5.32 Å². The summed E-state index contributed by atoms with van der Waals surface area (Å²) in [6, 6.07) is 9.83. The lowest BCUT2D eigenvalue weighted by Crippen LogP contribution is -2.17. The van der Waals surface area contributed by atoms with Gasteiger partial charge < -0.3 is 10.4 Å². The molecule has 102 valence electrons. The molecule has 2 aromatic carbocycles. The van der Waals surface area contributed by atoms with Gasteiger partial charge in [0.25, 0.3) is 5.91 Å². The molecule has 2 rings (SSSR count). The Bertz CT molecular complexity index is 688. The zero-order valence-electron chi connectivity index (χ0n) is 10.1. The first-order valence-electron chi connectivity index (χ1n) is 5.58. The Labute approximate surface area is 122 Å². The van der Waals surface area contributed by atoms with E-state index < -0.39 is 17.7 Å². The highest BCUT2D eigenvalue weighted by atomic mass is 79.9. The molecule has 0 spiro atoms. The lowest BCUT2D eigenvalue weighted by Gasteiger charge is -2.08. The number of carboxylic acids is 1. The van der Waals surface area contributed by atoms with Crippen LogP contribution in [0.1, 0.15) is 20.7 Å². The molecule has 0 radical (unpaired) electrons. The van der Waals surface area contributed by atoms with E-state index in [2.05, 4.69) is 21.2 Å². The maximum atomic E-state index is 13.6. The van der Waals surface area contributed by atoms with Crippen LogP contribution in [0.5, 0.6) is 0 Å². The SMILES string of the molecule is O=C(O)c1ccccc1C(=O)Nc1cc(Br)ccc1F. The minimum Gasteiger partial charge on any atom is -0.478 e. The van der Waals surface area contributed by atoms with Crippen LogP contribution in [0, 0.1) is 5.82 Å². The third-order valence-electron chi connectivity index (χ3n) is 2.58. The third-order valence-corrected chi connectivity index (χ3v) is 3.07. The second-order valence-electron chi connectivity index (χ2n) is 3.93. The van der Waals surface area contributed by atoms with Crippen molar-refractivity contribution >= 4 is 33.5 Å². The number of halogens is 2. The van der Waals surface area contributed by atoms with Gasteiger partial charge in [0, 0.05) is 4.47 Å². The van der Waals surface area contributed by atoms with Gasteiger partial charge in [-0.15, -0.1) is 0 Å². The van der Waals surface area contributed by atoms with Gasteiger partial charge in [-0.05, 0) is 30.3 Å². The Morgan fingerprint density at radius 3 is 2.40 bits per heavy atom. The number of benzene rings is 2. The van der Waals surface area contributed by atoms with Gasteiger partial charge in [-0.2, -0.15) is 0 Å². The lowest BCUT2D eigenvalue weighted by atomic mass is 10.1. The molecule has 0 unspecified atom stereocenters. The topological polar surface area (TPSA) is 66.4 Å². The standard InChI is InChI=1S/C14H9BrFNO3/c15-8-5-6-11(16)12(7-8)17-13(18)9-3-1-2-4-10(9)14(19)20/h1-7H,(H,17,18)(H,19,20). The van der Waals surface area contributed by atoms with Crippen LogP contribution >= 0.6 is 15.9 Å².